The normalized spacial score (nSPS) is 20.8. The van der Waals surface area contributed by atoms with Crippen LogP contribution in [0, 0.1) is 18.3 Å². The van der Waals surface area contributed by atoms with E-state index in [2.05, 4.69) is 11.0 Å². The summed E-state index contributed by atoms with van der Waals surface area (Å²) < 4.78 is 0. The minimum absolute atomic E-state index is 0.107. The molecule has 1 fully saturated rings. The van der Waals surface area contributed by atoms with Gasteiger partial charge in [0.05, 0.1) is 10.6 Å². The minimum Gasteiger partial charge on any atom is -0.368 e. The summed E-state index contributed by atoms with van der Waals surface area (Å²) in [6.45, 7) is 2.99. The number of carbonyl (C=O) groups is 1. The lowest BCUT2D eigenvalue weighted by molar-refractivity contribution is 0.0689. The highest BCUT2D eigenvalue weighted by atomic mass is 35.5. The molecule has 1 saturated carbocycles. The fourth-order valence-electron chi connectivity index (χ4n) is 4.76. The molecule has 0 bridgehead atoms. The highest BCUT2D eigenvalue weighted by Crippen LogP contribution is 2.39. The summed E-state index contributed by atoms with van der Waals surface area (Å²) in [6.07, 6.45) is 5.04. The number of fused-ring (bicyclic) bond motifs is 1. The van der Waals surface area contributed by atoms with Crippen molar-refractivity contribution in [2.45, 2.75) is 51.1 Å². The molecule has 0 saturated heterocycles. The number of halogens is 1. The number of rotatable bonds is 3. The monoisotopic (exact) mass is 407 g/mol. The van der Waals surface area contributed by atoms with Gasteiger partial charge in [0, 0.05) is 36.9 Å². The van der Waals surface area contributed by atoms with Crippen molar-refractivity contribution in [1.82, 2.24) is 4.90 Å². The van der Waals surface area contributed by atoms with E-state index >= 15 is 0 Å². The summed E-state index contributed by atoms with van der Waals surface area (Å²) in [5, 5.41) is 9.82. The maximum Gasteiger partial charge on any atom is 0.253 e. The van der Waals surface area contributed by atoms with Crippen molar-refractivity contribution < 1.29 is 4.79 Å². The highest BCUT2D eigenvalue weighted by molar-refractivity contribution is 6.33. The predicted octanol–water partition coefficient (Wildman–Crippen LogP) is 4.97. The molecule has 1 heterocycles. The van der Waals surface area contributed by atoms with Gasteiger partial charge in [-0.2, -0.15) is 5.26 Å². The lowest BCUT2D eigenvalue weighted by atomic mass is 9.89. The lowest BCUT2D eigenvalue weighted by Gasteiger charge is -2.39. The number of nitrogens with zero attached hydrogens (tertiary/aromatic N) is 3. The molecule has 1 aliphatic carbocycles. The van der Waals surface area contributed by atoms with Gasteiger partial charge >= 0.3 is 0 Å². The summed E-state index contributed by atoms with van der Waals surface area (Å²) in [4.78, 5) is 17.2. The second-order valence-electron chi connectivity index (χ2n) is 8.22. The molecular weight excluding hydrogens is 382 g/mol. The second-order valence-corrected chi connectivity index (χ2v) is 8.60. The van der Waals surface area contributed by atoms with Crippen LogP contribution in [-0.2, 0) is 6.42 Å². The van der Waals surface area contributed by atoms with Crippen LogP contribution in [0.2, 0.25) is 5.02 Å². The number of hydrogen-bond donors (Lipinski definition) is 0. The Morgan fingerprint density at radius 1 is 1.14 bits per heavy atom. The Bertz CT molecular complexity index is 955. The molecule has 2 aromatic rings. The Morgan fingerprint density at radius 2 is 1.83 bits per heavy atom. The average molecular weight is 408 g/mol. The molecule has 2 aliphatic rings. The van der Waals surface area contributed by atoms with Crippen LogP contribution in [0.3, 0.4) is 0 Å². The topological polar surface area (TPSA) is 47.3 Å². The van der Waals surface area contributed by atoms with E-state index in [1.54, 1.807) is 0 Å². The smallest absolute Gasteiger partial charge is 0.253 e. The first-order valence-corrected chi connectivity index (χ1v) is 10.7. The number of nitriles is 1. The lowest BCUT2D eigenvalue weighted by Crippen LogP contribution is -2.44. The maximum absolute atomic E-state index is 12.8. The van der Waals surface area contributed by atoms with Crippen LogP contribution >= 0.6 is 11.6 Å². The standard InChI is InChI=1S/C24H26ClN3O/c1-16-3-5-17(6-4-16)24(29)27(2)19-8-10-20(11-9-19)28-14-13-21-22(28)12-7-18(15-26)23(21)25/h3-7,12,19-20H,8-11,13-14H2,1-2H3/t19-,20-. The number of hydrogen-bond acceptors (Lipinski definition) is 3. The number of aryl methyl sites for hydroxylation is 1. The first kappa shape index (κ1) is 19.8. The van der Waals surface area contributed by atoms with Gasteiger partial charge in [-0.15, -0.1) is 0 Å². The number of anilines is 1. The van der Waals surface area contributed by atoms with E-state index in [4.69, 9.17) is 11.6 Å². The Kier molecular flexibility index (Phi) is 5.52. The van der Waals surface area contributed by atoms with Crippen LogP contribution in [0.5, 0.6) is 0 Å². The molecule has 5 heteroatoms. The molecule has 0 aromatic heterocycles. The first-order valence-electron chi connectivity index (χ1n) is 10.3. The fraction of sp³-hybridized carbons (Fsp3) is 0.417. The molecule has 4 nitrogen and oxygen atoms in total. The second kappa shape index (κ2) is 8.08. The van der Waals surface area contributed by atoms with Crippen molar-refractivity contribution in [2.75, 3.05) is 18.5 Å². The SMILES string of the molecule is Cc1ccc(C(=O)N(C)[C@H]2CC[C@H](N3CCc4c3ccc(C#N)c4Cl)CC2)cc1. The summed E-state index contributed by atoms with van der Waals surface area (Å²) >= 11 is 6.43. The molecule has 1 amide bonds. The molecule has 0 N–H and O–H groups in total. The van der Waals surface area contributed by atoms with Crippen molar-refractivity contribution in [3.05, 3.63) is 63.7 Å². The predicted molar refractivity (Wildman–Crippen MR) is 117 cm³/mol. The fourth-order valence-corrected chi connectivity index (χ4v) is 5.06. The van der Waals surface area contributed by atoms with Gasteiger partial charge in [0.15, 0.2) is 0 Å². The zero-order valence-electron chi connectivity index (χ0n) is 17.0. The van der Waals surface area contributed by atoms with Crippen LogP contribution < -0.4 is 4.90 Å². The van der Waals surface area contributed by atoms with E-state index in [-0.39, 0.29) is 11.9 Å². The third-order valence-electron chi connectivity index (χ3n) is 6.52. The zero-order chi connectivity index (χ0) is 20.5. The Morgan fingerprint density at radius 3 is 2.48 bits per heavy atom. The van der Waals surface area contributed by atoms with Crippen LogP contribution in [-0.4, -0.2) is 36.5 Å². The van der Waals surface area contributed by atoms with Gasteiger partial charge in [-0.3, -0.25) is 4.79 Å². The van der Waals surface area contributed by atoms with E-state index < -0.39 is 0 Å². The molecule has 0 unspecified atom stereocenters. The quantitative estimate of drug-likeness (QED) is 0.721. The summed E-state index contributed by atoms with van der Waals surface area (Å²) in [5.41, 5.74) is 4.78. The summed E-state index contributed by atoms with van der Waals surface area (Å²) in [5.74, 6) is 0.107. The van der Waals surface area contributed by atoms with Crippen LogP contribution in [0.4, 0.5) is 5.69 Å². The van der Waals surface area contributed by atoms with Crippen molar-refractivity contribution >= 4 is 23.2 Å². The van der Waals surface area contributed by atoms with Crippen molar-refractivity contribution in [2.24, 2.45) is 0 Å². The summed E-state index contributed by atoms with van der Waals surface area (Å²) in [6, 6.07) is 14.6. The molecular formula is C24H26ClN3O. The van der Waals surface area contributed by atoms with E-state index in [1.807, 2.05) is 55.3 Å². The van der Waals surface area contributed by atoms with Gasteiger partial charge in [-0.05, 0) is 68.9 Å². The number of amides is 1. The van der Waals surface area contributed by atoms with Crippen LogP contribution in [0.25, 0.3) is 0 Å². The van der Waals surface area contributed by atoms with Crippen molar-refractivity contribution in [1.29, 1.82) is 5.26 Å². The maximum atomic E-state index is 12.8. The van der Waals surface area contributed by atoms with Gasteiger partial charge in [0.25, 0.3) is 5.91 Å². The molecule has 1 aliphatic heterocycles. The average Bonchev–Trinajstić information content (AvgIpc) is 3.19. The van der Waals surface area contributed by atoms with E-state index in [0.29, 0.717) is 16.6 Å². The Hall–Kier alpha value is -2.51. The zero-order valence-corrected chi connectivity index (χ0v) is 17.7. The third kappa shape index (κ3) is 3.72. The third-order valence-corrected chi connectivity index (χ3v) is 6.96. The number of benzene rings is 2. The number of carbonyl (C=O) groups excluding carboxylic acids is 1. The van der Waals surface area contributed by atoms with Gasteiger partial charge < -0.3 is 9.80 Å². The first-order chi connectivity index (χ1) is 14.0. The van der Waals surface area contributed by atoms with Crippen LogP contribution in [0.1, 0.15) is 52.7 Å². The largest absolute Gasteiger partial charge is 0.368 e. The van der Waals surface area contributed by atoms with E-state index in [9.17, 15) is 10.1 Å². The molecule has 29 heavy (non-hydrogen) atoms. The minimum atomic E-state index is 0.107. The van der Waals surface area contributed by atoms with Gasteiger partial charge in [-0.25, -0.2) is 0 Å². The highest BCUT2D eigenvalue weighted by Gasteiger charge is 2.33. The van der Waals surface area contributed by atoms with Crippen molar-refractivity contribution in [3.8, 4) is 6.07 Å². The van der Waals surface area contributed by atoms with E-state index in [0.717, 1.165) is 55.3 Å². The van der Waals surface area contributed by atoms with Crippen LogP contribution in [0.15, 0.2) is 36.4 Å². The van der Waals surface area contributed by atoms with Gasteiger partial charge in [0.2, 0.25) is 0 Å². The molecule has 0 spiro atoms. The summed E-state index contributed by atoms with van der Waals surface area (Å²) in [7, 11) is 1.93. The molecule has 0 atom stereocenters. The van der Waals surface area contributed by atoms with Crippen molar-refractivity contribution in [3.63, 3.8) is 0 Å². The molecule has 150 valence electrons. The Balaban J connectivity index is 1.41. The van der Waals surface area contributed by atoms with Gasteiger partial charge in [0.1, 0.15) is 6.07 Å². The van der Waals surface area contributed by atoms with Gasteiger partial charge in [-0.1, -0.05) is 29.3 Å². The van der Waals surface area contributed by atoms with E-state index in [1.165, 1.54) is 5.69 Å². The Labute approximate surface area is 177 Å². The molecule has 0 radical (unpaired) electrons. The molecule has 2 aromatic carbocycles. The molecule has 4 rings (SSSR count).